The Morgan fingerprint density at radius 3 is 1.29 bits per heavy atom. The van der Waals surface area contributed by atoms with E-state index in [0.717, 1.165) is 0 Å². The Morgan fingerprint density at radius 1 is 0.627 bits per heavy atom. The number of carbonyl (C=O) groups excluding carboxylic acids is 1. The number of halogens is 1. The van der Waals surface area contributed by atoms with Gasteiger partial charge in [-0.3, -0.25) is 9.59 Å². The molecule has 0 radical (unpaired) electrons. The van der Waals surface area contributed by atoms with Gasteiger partial charge in [-0.2, -0.15) is 0 Å². The predicted molar refractivity (Wildman–Crippen MR) is 185 cm³/mol. The number of nitrogens with one attached hydrogen (secondary N) is 1. The van der Waals surface area contributed by atoms with Crippen molar-refractivity contribution in [2.45, 2.75) is 19.0 Å². The van der Waals surface area contributed by atoms with Gasteiger partial charge in [0.25, 0.3) is 0 Å². The van der Waals surface area contributed by atoms with Crippen LogP contribution in [0.25, 0.3) is 0 Å². The van der Waals surface area contributed by atoms with Crippen molar-refractivity contribution in [3.05, 3.63) is 11.9 Å². The van der Waals surface area contributed by atoms with Crippen molar-refractivity contribution in [2.24, 2.45) is 5.73 Å². The number of nitrogens with zero attached hydrogens (tertiary/aromatic N) is 3. The van der Waals surface area contributed by atoms with E-state index in [2.05, 4.69) is 31.6 Å². The summed E-state index contributed by atoms with van der Waals surface area (Å²) in [6.07, 6.45) is 1.79. The van der Waals surface area contributed by atoms with Crippen molar-refractivity contribution in [1.29, 1.82) is 0 Å². The summed E-state index contributed by atoms with van der Waals surface area (Å²) in [5, 5.41) is 19.7. The average molecular weight is 805 g/mol. The molecule has 1 amide bonds. The van der Waals surface area contributed by atoms with Crippen molar-refractivity contribution < 1.29 is 66.8 Å². The summed E-state index contributed by atoms with van der Waals surface area (Å²) in [6, 6.07) is -0.998. The molecule has 0 bridgehead atoms. The Labute approximate surface area is 308 Å². The zero-order valence-corrected chi connectivity index (χ0v) is 31.2. The van der Waals surface area contributed by atoms with Gasteiger partial charge in [0.15, 0.2) is 0 Å². The number of aromatic nitrogens is 3. The van der Waals surface area contributed by atoms with Crippen molar-refractivity contribution in [3.63, 3.8) is 0 Å². The van der Waals surface area contributed by atoms with E-state index in [1.807, 2.05) is 0 Å². The zero-order chi connectivity index (χ0) is 36.9. The lowest BCUT2D eigenvalue weighted by molar-refractivity contribution is -0.138. The van der Waals surface area contributed by atoms with E-state index >= 15 is 0 Å². The Morgan fingerprint density at radius 2 is 0.961 bits per heavy atom. The van der Waals surface area contributed by atoms with E-state index in [1.165, 1.54) is 0 Å². The summed E-state index contributed by atoms with van der Waals surface area (Å²) >= 11 is 3.08. The van der Waals surface area contributed by atoms with Crippen LogP contribution in [0.15, 0.2) is 6.20 Å². The number of nitrogens with two attached hydrogens (primary N) is 1. The van der Waals surface area contributed by atoms with E-state index in [-0.39, 0.29) is 17.7 Å². The van der Waals surface area contributed by atoms with E-state index < -0.39 is 12.0 Å². The molecular weight excluding hydrogens is 746 g/mol. The number of ether oxygens (including phenoxy) is 11. The molecule has 4 N–H and O–H groups in total. The highest BCUT2D eigenvalue weighted by Gasteiger charge is 2.14. The van der Waals surface area contributed by atoms with Crippen LogP contribution in [0.3, 0.4) is 0 Å². The van der Waals surface area contributed by atoms with Crippen molar-refractivity contribution >= 4 is 27.8 Å². The van der Waals surface area contributed by atoms with Crippen LogP contribution in [-0.2, 0) is 74.7 Å². The Bertz CT molecular complexity index is 939. The quantitative estimate of drug-likeness (QED) is 0.0530. The summed E-state index contributed by atoms with van der Waals surface area (Å²) in [4.78, 5) is 21.8. The molecule has 298 valence electrons. The van der Waals surface area contributed by atoms with Crippen molar-refractivity contribution in [2.75, 3.05) is 157 Å². The molecule has 1 atom stereocenters. The summed E-state index contributed by atoms with van der Waals surface area (Å²) in [5.41, 5.74) is 6.02. The van der Waals surface area contributed by atoms with Gasteiger partial charge in [0.2, 0.25) is 5.91 Å². The molecule has 0 aromatic carbocycles. The predicted octanol–water partition coefficient (Wildman–Crippen LogP) is -1.07. The van der Waals surface area contributed by atoms with E-state index in [4.69, 9.17) is 62.9 Å². The van der Waals surface area contributed by atoms with E-state index in [1.54, 1.807) is 10.9 Å². The van der Waals surface area contributed by atoms with Crippen molar-refractivity contribution in [1.82, 2.24) is 20.3 Å². The molecule has 51 heavy (non-hydrogen) atoms. The van der Waals surface area contributed by atoms with Crippen LogP contribution in [0.5, 0.6) is 0 Å². The first-order valence-electron chi connectivity index (χ1n) is 17.1. The minimum absolute atomic E-state index is 0.0631. The number of amides is 1. The van der Waals surface area contributed by atoms with Gasteiger partial charge in [0.05, 0.1) is 163 Å². The van der Waals surface area contributed by atoms with Crippen LogP contribution in [0.2, 0.25) is 0 Å². The summed E-state index contributed by atoms with van der Waals surface area (Å²) in [7, 11) is 0. The molecule has 1 aromatic rings. The maximum Gasteiger partial charge on any atom is 0.320 e. The number of carboxylic acids is 1. The second kappa shape index (κ2) is 36.4. The molecule has 0 spiro atoms. The topological polar surface area (TPSA) is 225 Å². The average Bonchev–Trinajstić information content (AvgIpc) is 3.58. The van der Waals surface area contributed by atoms with Gasteiger partial charge < -0.3 is 68.3 Å². The second-order valence-corrected chi connectivity index (χ2v) is 10.9. The van der Waals surface area contributed by atoms with Gasteiger partial charge in [-0.25, -0.2) is 4.68 Å². The molecule has 1 unspecified atom stereocenters. The van der Waals surface area contributed by atoms with Crippen LogP contribution >= 0.6 is 15.9 Å². The van der Waals surface area contributed by atoms with Crippen molar-refractivity contribution in [3.8, 4) is 0 Å². The molecule has 20 heteroatoms. The third-order valence-corrected chi connectivity index (χ3v) is 6.72. The molecule has 0 aliphatic carbocycles. The van der Waals surface area contributed by atoms with Crippen LogP contribution in [0, 0.1) is 0 Å². The molecule has 1 rings (SSSR count). The number of hydrogen-bond acceptors (Lipinski definition) is 16. The van der Waals surface area contributed by atoms with Crippen LogP contribution in [0.1, 0.15) is 5.69 Å². The van der Waals surface area contributed by atoms with Crippen LogP contribution in [-0.4, -0.2) is 195 Å². The highest BCUT2D eigenvalue weighted by Crippen LogP contribution is 1.98. The molecule has 0 saturated carbocycles. The normalized spacial score (nSPS) is 12.0. The smallest absolute Gasteiger partial charge is 0.320 e. The third kappa shape index (κ3) is 32.5. The zero-order valence-electron chi connectivity index (χ0n) is 29.6. The molecular formula is C31H58BrN5O14. The first-order chi connectivity index (χ1) is 25.0. The first-order valence-corrected chi connectivity index (χ1v) is 18.2. The monoisotopic (exact) mass is 803 g/mol. The molecule has 0 aliphatic rings. The lowest BCUT2D eigenvalue weighted by Crippen LogP contribution is -2.32. The van der Waals surface area contributed by atoms with Gasteiger partial charge in [0.1, 0.15) is 6.04 Å². The molecule has 0 saturated heterocycles. The number of alkyl halides is 1. The maximum atomic E-state index is 11.0. The van der Waals surface area contributed by atoms with Gasteiger partial charge in [-0.05, 0) is 0 Å². The molecule has 0 fully saturated rings. The minimum atomic E-state index is -1.07. The summed E-state index contributed by atoms with van der Waals surface area (Å²) in [5.74, 6) is -1.14. The largest absolute Gasteiger partial charge is 0.480 e. The highest BCUT2D eigenvalue weighted by atomic mass is 79.9. The summed E-state index contributed by atoms with van der Waals surface area (Å²) < 4.78 is 61.6. The lowest BCUT2D eigenvalue weighted by atomic mass is 10.2. The number of carboxylic acid groups (broad SMARTS) is 1. The SMILES string of the molecule is NC(Cc1cn(CCOCCOCCOCCOCCOCCOCCOCCOCCOCCOCCOCCNC(=O)CBr)nn1)C(=O)O. The first kappa shape index (κ1) is 47.1. The fourth-order valence-corrected chi connectivity index (χ4v) is 3.82. The molecule has 0 aliphatic heterocycles. The van der Waals surface area contributed by atoms with Gasteiger partial charge in [-0.1, -0.05) is 21.1 Å². The standard InChI is InChI=1S/C31H58BrN5O14/c32-26-30(38)34-1-3-41-5-7-43-9-11-45-13-15-47-17-19-49-21-23-51-24-22-50-20-18-48-16-14-46-12-10-44-8-6-42-4-2-37-27-28(35-36-37)25-29(33)31(39)40/h27,29H,1-26,33H2,(H,34,38)(H,39,40). The number of carbonyl (C=O) groups is 2. The molecule has 19 nitrogen and oxygen atoms in total. The van der Waals surface area contributed by atoms with E-state index in [9.17, 15) is 9.59 Å². The Balaban J connectivity index is 1.66. The Kier molecular flexibility index (Phi) is 33.7. The lowest BCUT2D eigenvalue weighted by Gasteiger charge is -2.09. The number of hydrogen-bond donors (Lipinski definition) is 3. The number of rotatable bonds is 40. The summed E-state index contributed by atoms with van der Waals surface area (Å²) in [6.45, 7) is 11.3. The Hall–Kier alpha value is -1.92. The fourth-order valence-electron chi connectivity index (χ4n) is 3.62. The third-order valence-electron chi connectivity index (χ3n) is 6.21. The van der Waals surface area contributed by atoms with E-state index in [0.29, 0.717) is 164 Å². The maximum absolute atomic E-state index is 11.0. The molecule has 1 aromatic heterocycles. The fraction of sp³-hybridized carbons (Fsp3) is 0.871. The van der Waals surface area contributed by atoms with Gasteiger partial charge in [0, 0.05) is 19.2 Å². The van der Waals surface area contributed by atoms with Gasteiger partial charge in [-0.15, -0.1) is 5.10 Å². The van der Waals surface area contributed by atoms with Crippen LogP contribution in [0.4, 0.5) is 0 Å². The van der Waals surface area contributed by atoms with Crippen LogP contribution < -0.4 is 11.1 Å². The minimum Gasteiger partial charge on any atom is -0.480 e. The highest BCUT2D eigenvalue weighted by molar-refractivity contribution is 9.09. The molecule has 1 heterocycles. The van der Waals surface area contributed by atoms with Gasteiger partial charge >= 0.3 is 5.97 Å². The number of aliphatic carboxylic acids is 1. The second-order valence-electron chi connectivity index (χ2n) is 10.3.